The lowest BCUT2D eigenvalue weighted by Gasteiger charge is -2.14. The quantitative estimate of drug-likeness (QED) is 0.828. The fraction of sp³-hybridized carbons (Fsp3) is 0.250. The summed E-state index contributed by atoms with van der Waals surface area (Å²) in [5, 5.41) is 0.708. The lowest BCUT2D eigenvalue weighted by atomic mass is 10.1. The molecule has 2 N–H and O–H groups in total. The molecular formula is C16H18ClNO2. The molecule has 0 unspecified atom stereocenters. The average Bonchev–Trinajstić information content (AvgIpc) is 2.37. The van der Waals surface area contributed by atoms with Crippen LogP contribution in [-0.4, -0.2) is 6.61 Å². The summed E-state index contributed by atoms with van der Waals surface area (Å²) in [6, 6.07) is 9.16. The van der Waals surface area contributed by atoms with E-state index in [0.717, 1.165) is 16.9 Å². The van der Waals surface area contributed by atoms with Gasteiger partial charge in [-0.3, -0.25) is 0 Å². The molecule has 0 saturated carbocycles. The maximum absolute atomic E-state index is 6.02. The van der Waals surface area contributed by atoms with Crippen LogP contribution in [0.3, 0.4) is 0 Å². The minimum absolute atomic E-state index is 0.562. The zero-order valence-corrected chi connectivity index (χ0v) is 12.6. The van der Waals surface area contributed by atoms with Crippen LogP contribution in [0, 0.1) is 13.8 Å². The standard InChI is InChI=1S/C16H18ClNO2/c1-4-19-15-9-13(5-6-14(15)18)20-16-10(2)7-12(17)8-11(16)3/h5-9H,4,18H2,1-3H3. The summed E-state index contributed by atoms with van der Waals surface area (Å²) in [5.74, 6) is 2.13. The molecule has 0 atom stereocenters. The highest BCUT2D eigenvalue weighted by Gasteiger charge is 2.09. The Morgan fingerprint density at radius 1 is 1.10 bits per heavy atom. The first-order valence-electron chi connectivity index (χ1n) is 6.48. The summed E-state index contributed by atoms with van der Waals surface area (Å²) >= 11 is 6.02. The molecule has 0 aromatic heterocycles. The predicted molar refractivity (Wildman–Crippen MR) is 83.0 cm³/mol. The summed E-state index contributed by atoms with van der Waals surface area (Å²) in [7, 11) is 0. The van der Waals surface area contributed by atoms with E-state index in [0.29, 0.717) is 28.8 Å². The Morgan fingerprint density at radius 3 is 2.35 bits per heavy atom. The summed E-state index contributed by atoms with van der Waals surface area (Å²) in [6.07, 6.45) is 0. The smallest absolute Gasteiger partial charge is 0.145 e. The van der Waals surface area contributed by atoms with Crippen LogP contribution in [0.25, 0.3) is 0 Å². The number of aryl methyl sites for hydroxylation is 2. The third-order valence-electron chi connectivity index (χ3n) is 2.93. The van der Waals surface area contributed by atoms with Gasteiger partial charge in [-0.15, -0.1) is 0 Å². The van der Waals surface area contributed by atoms with Gasteiger partial charge in [0, 0.05) is 11.1 Å². The first kappa shape index (κ1) is 14.5. The minimum atomic E-state index is 0.562. The van der Waals surface area contributed by atoms with Crippen molar-refractivity contribution in [3.05, 3.63) is 46.5 Å². The molecule has 0 heterocycles. The van der Waals surface area contributed by atoms with Gasteiger partial charge in [-0.25, -0.2) is 0 Å². The van der Waals surface area contributed by atoms with E-state index in [1.54, 1.807) is 12.1 Å². The monoisotopic (exact) mass is 291 g/mol. The van der Waals surface area contributed by atoms with E-state index in [1.807, 2.05) is 39.0 Å². The maximum atomic E-state index is 6.02. The van der Waals surface area contributed by atoms with Gasteiger partial charge in [-0.2, -0.15) is 0 Å². The molecule has 0 aliphatic heterocycles. The molecule has 0 radical (unpaired) electrons. The normalized spacial score (nSPS) is 10.4. The largest absolute Gasteiger partial charge is 0.492 e. The van der Waals surface area contributed by atoms with E-state index in [-0.39, 0.29) is 0 Å². The molecule has 0 saturated heterocycles. The number of hydrogen-bond donors (Lipinski definition) is 1. The number of nitrogens with two attached hydrogens (primary N) is 1. The predicted octanol–water partition coefficient (Wildman–Crippen LogP) is 4.73. The van der Waals surface area contributed by atoms with Gasteiger partial charge in [0.2, 0.25) is 0 Å². The van der Waals surface area contributed by atoms with Crippen molar-refractivity contribution in [3.63, 3.8) is 0 Å². The molecule has 3 nitrogen and oxygen atoms in total. The topological polar surface area (TPSA) is 44.5 Å². The van der Waals surface area contributed by atoms with Crippen LogP contribution in [-0.2, 0) is 0 Å². The molecular weight excluding hydrogens is 274 g/mol. The molecule has 4 heteroatoms. The average molecular weight is 292 g/mol. The highest BCUT2D eigenvalue weighted by atomic mass is 35.5. The fourth-order valence-corrected chi connectivity index (χ4v) is 2.36. The van der Waals surface area contributed by atoms with Crippen molar-refractivity contribution < 1.29 is 9.47 Å². The second-order valence-electron chi connectivity index (χ2n) is 4.60. The molecule has 2 aromatic carbocycles. The number of nitrogen functional groups attached to an aromatic ring is 1. The lowest BCUT2D eigenvalue weighted by Crippen LogP contribution is -1.98. The lowest BCUT2D eigenvalue weighted by molar-refractivity contribution is 0.340. The van der Waals surface area contributed by atoms with Crippen molar-refractivity contribution >= 4 is 17.3 Å². The van der Waals surface area contributed by atoms with E-state index in [1.165, 1.54) is 0 Å². The molecule has 2 rings (SSSR count). The van der Waals surface area contributed by atoms with E-state index in [4.69, 9.17) is 26.8 Å². The van der Waals surface area contributed by atoms with Gasteiger partial charge in [-0.1, -0.05) is 11.6 Å². The van der Waals surface area contributed by atoms with Crippen molar-refractivity contribution in [1.29, 1.82) is 0 Å². The Balaban J connectivity index is 2.33. The number of anilines is 1. The number of rotatable bonds is 4. The zero-order chi connectivity index (χ0) is 14.7. The van der Waals surface area contributed by atoms with Crippen LogP contribution < -0.4 is 15.2 Å². The second kappa shape index (κ2) is 6.06. The highest BCUT2D eigenvalue weighted by molar-refractivity contribution is 6.30. The van der Waals surface area contributed by atoms with Crippen molar-refractivity contribution in [1.82, 2.24) is 0 Å². The molecule has 2 aromatic rings. The van der Waals surface area contributed by atoms with Crippen LogP contribution in [0.5, 0.6) is 17.2 Å². The molecule has 0 fully saturated rings. The van der Waals surface area contributed by atoms with Crippen molar-refractivity contribution in [2.45, 2.75) is 20.8 Å². The van der Waals surface area contributed by atoms with Gasteiger partial charge in [0.1, 0.15) is 17.2 Å². The highest BCUT2D eigenvalue weighted by Crippen LogP contribution is 2.34. The fourth-order valence-electron chi connectivity index (χ4n) is 2.03. The summed E-state index contributed by atoms with van der Waals surface area (Å²) < 4.78 is 11.4. The van der Waals surface area contributed by atoms with E-state index < -0.39 is 0 Å². The van der Waals surface area contributed by atoms with E-state index in [2.05, 4.69) is 0 Å². The molecule has 0 bridgehead atoms. The Hall–Kier alpha value is -1.87. The molecule has 0 aliphatic rings. The molecule has 20 heavy (non-hydrogen) atoms. The van der Waals surface area contributed by atoms with Crippen LogP contribution in [0.1, 0.15) is 18.1 Å². The van der Waals surface area contributed by atoms with Crippen LogP contribution in [0.4, 0.5) is 5.69 Å². The Labute approximate surface area is 124 Å². The first-order chi connectivity index (χ1) is 9.51. The Morgan fingerprint density at radius 2 is 1.75 bits per heavy atom. The zero-order valence-electron chi connectivity index (χ0n) is 11.9. The molecule has 0 amide bonds. The van der Waals surface area contributed by atoms with Gasteiger partial charge < -0.3 is 15.2 Å². The third kappa shape index (κ3) is 3.17. The Kier molecular flexibility index (Phi) is 4.40. The number of ether oxygens (including phenoxy) is 2. The SMILES string of the molecule is CCOc1cc(Oc2c(C)cc(Cl)cc2C)ccc1N. The van der Waals surface area contributed by atoms with Gasteiger partial charge in [0.25, 0.3) is 0 Å². The third-order valence-corrected chi connectivity index (χ3v) is 3.15. The van der Waals surface area contributed by atoms with E-state index in [9.17, 15) is 0 Å². The van der Waals surface area contributed by atoms with Gasteiger partial charge >= 0.3 is 0 Å². The van der Waals surface area contributed by atoms with Crippen molar-refractivity contribution in [2.75, 3.05) is 12.3 Å². The number of hydrogen-bond acceptors (Lipinski definition) is 3. The van der Waals surface area contributed by atoms with Crippen LogP contribution in [0.2, 0.25) is 5.02 Å². The van der Waals surface area contributed by atoms with Gasteiger partial charge in [0.15, 0.2) is 0 Å². The number of benzene rings is 2. The first-order valence-corrected chi connectivity index (χ1v) is 6.86. The van der Waals surface area contributed by atoms with E-state index >= 15 is 0 Å². The molecule has 106 valence electrons. The maximum Gasteiger partial charge on any atom is 0.145 e. The van der Waals surface area contributed by atoms with Crippen molar-refractivity contribution in [3.8, 4) is 17.2 Å². The second-order valence-corrected chi connectivity index (χ2v) is 5.04. The van der Waals surface area contributed by atoms with Crippen molar-refractivity contribution in [2.24, 2.45) is 0 Å². The minimum Gasteiger partial charge on any atom is -0.492 e. The summed E-state index contributed by atoms with van der Waals surface area (Å²) in [5.41, 5.74) is 8.43. The van der Waals surface area contributed by atoms with Crippen LogP contribution in [0.15, 0.2) is 30.3 Å². The molecule has 0 spiro atoms. The van der Waals surface area contributed by atoms with Crippen LogP contribution >= 0.6 is 11.6 Å². The molecule has 0 aliphatic carbocycles. The van der Waals surface area contributed by atoms with Gasteiger partial charge in [0.05, 0.1) is 12.3 Å². The summed E-state index contributed by atoms with van der Waals surface area (Å²) in [4.78, 5) is 0. The number of halogens is 1. The van der Waals surface area contributed by atoms with Gasteiger partial charge in [-0.05, 0) is 56.2 Å². The summed E-state index contributed by atoms with van der Waals surface area (Å²) in [6.45, 7) is 6.41. The Bertz CT molecular complexity index is 603.